The highest BCUT2D eigenvalue weighted by Crippen LogP contribution is 2.22. The standard InChI is InChI=1S/C20H17N3O5S/c1-11-3-4-12(2)23(11)16-9-13(5-7-15(16)19(25)26)18(24)22-21-10-14-6-8-17(29-14)20(27)28/h3-10H,1-2H3,(H,22,24)(H,25,26)(H,27,28)/b21-10+. The van der Waals surface area contributed by atoms with Gasteiger partial charge in [-0.3, -0.25) is 4.79 Å². The van der Waals surface area contributed by atoms with E-state index in [1.807, 2.05) is 26.0 Å². The summed E-state index contributed by atoms with van der Waals surface area (Å²) in [4.78, 5) is 35.7. The molecule has 0 aliphatic carbocycles. The molecular weight excluding hydrogens is 394 g/mol. The Labute approximate surface area is 169 Å². The van der Waals surface area contributed by atoms with Gasteiger partial charge in [0, 0.05) is 21.8 Å². The molecule has 148 valence electrons. The Morgan fingerprint density at radius 3 is 2.28 bits per heavy atom. The van der Waals surface area contributed by atoms with Crippen molar-refractivity contribution >= 4 is 35.4 Å². The van der Waals surface area contributed by atoms with Crippen LogP contribution in [0.1, 0.15) is 46.7 Å². The average molecular weight is 411 g/mol. The number of carbonyl (C=O) groups excluding carboxylic acids is 1. The first-order valence-corrected chi connectivity index (χ1v) is 9.29. The van der Waals surface area contributed by atoms with Crippen molar-refractivity contribution in [3.63, 3.8) is 0 Å². The lowest BCUT2D eigenvalue weighted by Crippen LogP contribution is -2.19. The molecule has 0 saturated heterocycles. The number of nitrogens with one attached hydrogen (secondary N) is 1. The molecular formula is C20H17N3O5S. The number of aromatic carboxylic acids is 2. The fourth-order valence-electron chi connectivity index (χ4n) is 2.84. The van der Waals surface area contributed by atoms with Gasteiger partial charge in [0.25, 0.3) is 5.91 Å². The highest BCUT2D eigenvalue weighted by atomic mass is 32.1. The van der Waals surface area contributed by atoms with Crippen LogP contribution in [0.5, 0.6) is 0 Å². The minimum Gasteiger partial charge on any atom is -0.478 e. The van der Waals surface area contributed by atoms with Gasteiger partial charge in [0.15, 0.2) is 0 Å². The van der Waals surface area contributed by atoms with Crippen LogP contribution in [0.3, 0.4) is 0 Å². The van der Waals surface area contributed by atoms with Crippen LogP contribution < -0.4 is 5.43 Å². The number of nitrogens with zero attached hydrogens (tertiary/aromatic N) is 2. The SMILES string of the molecule is Cc1ccc(C)n1-c1cc(C(=O)N/N=C/c2ccc(C(=O)O)s2)ccc1C(=O)O. The number of carbonyl (C=O) groups is 3. The Balaban J connectivity index is 1.85. The van der Waals surface area contributed by atoms with E-state index in [0.717, 1.165) is 22.7 Å². The van der Waals surface area contributed by atoms with Crippen LogP contribution in [0, 0.1) is 13.8 Å². The third-order valence-corrected chi connectivity index (χ3v) is 5.21. The lowest BCUT2D eigenvalue weighted by atomic mass is 10.1. The van der Waals surface area contributed by atoms with E-state index in [9.17, 15) is 19.5 Å². The van der Waals surface area contributed by atoms with Crippen molar-refractivity contribution in [2.45, 2.75) is 13.8 Å². The molecule has 0 saturated carbocycles. The number of aromatic nitrogens is 1. The van der Waals surface area contributed by atoms with Gasteiger partial charge in [0.2, 0.25) is 0 Å². The summed E-state index contributed by atoms with van der Waals surface area (Å²) in [6, 6.07) is 11.1. The molecule has 0 bridgehead atoms. The molecule has 0 fully saturated rings. The number of hydrogen-bond acceptors (Lipinski definition) is 5. The molecule has 2 heterocycles. The lowest BCUT2D eigenvalue weighted by Gasteiger charge is -2.14. The summed E-state index contributed by atoms with van der Waals surface area (Å²) in [5, 5.41) is 22.3. The maximum atomic E-state index is 12.4. The molecule has 29 heavy (non-hydrogen) atoms. The summed E-state index contributed by atoms with van der Waals surface area (Å²) in [7, 11) is 0. The van der Waals surface area contributed by atoms with Gasteiger partial charge in [-0.05, 0) is 56.3 Å². The molecule has 0 aliphatic rings. The monoisotopic (exact) mass is 411 g/mol. The number of hydrogen-bond donors (Lipinski definition) is 3. The summed E-state index contributed by atoms with van der Waals surface area (Å²) in [6.45, 7) is 3.70. The molecule has 0 atom stereocenters. The van der Waals surface area contributed by atoms with Crippen molar-refractivity contribution in [2.24, 2.45) is 5.10 Å². The van der Waals surface area contributed by atoms with Gasteiger partial charge in [0.05, 0.1) is 17.5 Å². The second-order valence-corrected chi connectivity index (χ2v) is 7.31. The molecule has 0 radical (unpaired) electrons. The van der Waals surface area contributed by atoms with Gasteiger partial charge in [0.1, 0.15) is 4.88 Å². The second kappa shape index (κ2) is 8.11. The average Bonchev–Trinajstić information content (AvgIpc) is 3.28. The Morgan fingerprint density at radius 2 is 1.69 bits per heavy atom. The third kappa shape index (κ3) is 4.25. The topological polar surface area (TPSA) is 121 Å². The Morgan fingerprint density at radius 1 is 1.00 bits per heavy atom. The summed E-state index contributed by atoms with van der Waals surface area (Å²) >= 11 is 1.03. The summed E-state index contributed by atoms with van der Waals surface area (Å²) in [5.41, 5.74) is 4.76. The van der Waals surface area contributed by atoms with Gasteiger partial charge in [-0.2, -0.15) is 5.10 Å². The number of hydrazone groups is 1. The number of thiophene rings is 1. The molecule has 3 N–H and O–H groups in total. The molecule has 2 aromatic heterocycles. The summed E-state index contributed by atoms with van der Waals surface area (Å²) in [6.07, 6.45) is 1.35. The van der Waals surface area contributed by atoms with Crippen LogP contribution in [0.4, 0.5) is 0 Å². The minimum atomic E-state index is -1.09. The Hall–Kier alpha value is -3.72. The van der Waals surface area contributed by atoms with Crippen LogP contribution in [-0.2, 0) is 0 Å². The van der Waals surface area contributed by atoms with Gasteiger partial charge < -0.3 is 14.8 Å². The van der Waals surface area contributed by atoms with E-state index in [0.29, 0.717) is 10.6 Å². The quantitative estimate of drug-likeness (QED) is 0.424. The maximum Gasteiger partial charge on any atom is 0.345 e. The highest BCUT2D eigenvalue weighted by molar-refractivity contribution is 7.15. The zero-order valence-corrected chi connectivity index (χ0v) is 16.4. The third-order valence-electron chi connectivity index (χ3n) is 4.20. The van der Waals surface area contributed by atoms with Crippen LogP contribution in [0.25, 0.3) is 5.69 Å². The van der Waals surface area contributed by atoms with Crippen molar-refractivity contribution in [3.8, 4) is 5.69 Å². The molecule has 3 aromatic rings. The largest absolute Gasteiger partial charge is 0.478 e. The van der Waals surface area contributed by atoms with Gasteiger partial charge >= 0.3 is 11.9 Å². The lowest BCUT2D eigenvalue weighted by molar-refractivity contribution is 0.0688. The fourth-order valence-corrected chi connectivity index (χ4v) is 3.56. The molecule has 1 aromatic carbocycles. The molecule has 3 rings (SSSR count). The molecule has 9 heteroatoms. The second-order valence-electron chi connectivity index (χ2n) is 6.19. The number of rotatable bonds is 6. The summed E-state index contributed by atoms with van der Waals surface area (Å²) < 4.78 is 1.77. The summed E-state index contributed by atoms with van der Waals surface area (Å²) in [5.74, 6) is -2.64. The zero-order chi connectivity index (χ0) is 21.1. The minimum absolute atomic E-state index is 0.0761. The first-order chi connectivity index (χ1) is 13.8. The highest BCUT2D eigenvalue weighted by Gasteiger charge is 2.17. The van der Waals surface area contributed by atoms with Crippen LogP contribution in [0.2, 0.25) is 0 Å². The Kier molecular flexibility index (Phi) is 5.60. The fraction of sp³-hybridized carbons (Fsp3) is 0.100. The van der Waals surface area contributed by atoms with Crippen LogP contribution in [-0.4, -0.2) is 38.8 Å². The van der Waals surface area contributed by atoms with Crippen molar-refractivity contribution < 1.29 is 24.6 Å². The van der Waals surface area contributed by atoms with E-state index in [-0.39, 0.29) is 16.0 Å². The van der Waals surface area contributed by atoms with Crippen LogP contribution in [0.15, 0.2) is 47.6 Å². The van der Waals surface area contributed by atoms with Crippen molar-refractivity contribution in [1.82, 2.24) is 9.99 Å². The van der Waals surface area contributed by atoms with E-state index in [1.165, 1.54) is 30.5 Å². The smallest absolute Gasteiger partial charge is 0.345 e. The van der Waals surface area contributed by atoms with Gasteiger partial charge in [-0.15, -0.1) is 11.3 Å². The van der Waals surface area contributed by atoms with E-state index in [2.05, 4.69) is 10.5 Å². The predicted molar refractivity (Wildman–Crippen MR) is 109 cm³/mol. The van der Waals surface area contributed by atoms with E-state index < -0.39 is 17.8 Å². The van der Waals surface area contributed by atoms with E-state index in [1.54, 1.807) is 10.6 Å². The number of aryl methyl sites for hydroxylation is 2. The normalized spacial score (nSPS) is 11.0. The molecule has 0 spiro atoms. The van der Waals surface area contributed by atoms with Crippen molar-refractivity contribution in [1.29, 1.82) is 0 Å². The predicted octanol–water partition coefficient (Wildman–Crippen LogP) is 3.32. The first-order valence-electron chi connectivity index (χ1n) is 8.47. The number of amides is 1. The molecule has 1 amide bonds. The van der Waals surface area contributed by atoms with E-state index >= 15 is 0 Å². The molecule has 0 unspecified atom stereocenters. The maximum absolute atomic E-state index is 12.4. The number of carboxylic acids is 2. The molecule has 0 aliphatic heterocycles. The van der Waals surface area contributed by atoms with Crippen LogP contribution >= 0.6 is 11.3 Å². The van der Waals surface area contributed by atoms with Gasteiger partial charge in [-0.1, -0.05) is 0 Å². The van der Waals surface area contributed by atoms with Crippen molar-refractivity contribution in [3.05, 3.63) is 74.7 Å². The zero-order valence-electron chi connectivity index (χ0n) is 15.5. The Bertz CT molecular complexity index is 1120. The van der Waals surface area contributed by atoms with E-state index in [4.69, 9.17) is 5.11 Å². The molecule has 8 nitrogen and oxygen atoms in total. The van der Waals surface area contributed by atoms with Gasteiger partial charge in [-0.25, -0.2) is 15.0 Å². The first kappa shape index (κ1) is 20.0. The van der Waals surface area contributed by atoms with Crippen molar-refractivity contribution in [2.75, 3.05) is 0 Å². The number of carboxylic acid groups (broad SMARTS) is 2. The number of benzene rings is 1.